The molecule has 0 spiro atoms. The maximum atomic E-state index is 12.5. The molecule has 4 heteroatoms. The zero-order valence-electron chi connectivity index (χ0n) is 12.3. The van der Waals surface area contributed by atoms with Gasteiger partial charge in [0.15, 0.2) is 5.76 Å². The Morgan fingerprint density at radius 1 is 1.23 bits per heavy atom. The maximum Gasteiger partial charge on any atom is 0.252 e. The van der Waals surface area contributed by atoms with Crippen LogP contribution in [0, 0.1) is 6.92 Å². The van der Waals surface area contributed by atoms with E-state index in [1.807, 2.05) is 49.4 Å². The average Bonchev–Trinajstić information content (AvgIpc) is 3.24. The quantitative estimate of drug-likeness (QED) is 0.801. The molecule has 1 N–H and O–H groups in total. The Hall–Kier alpha value is -2.62. The first-order valence-corrected chi connectivity index (χ1v) is 7.48. The Morgan fingerprint density at radius 2 is 2.05 bits per heavy atom. The molecule has 1 aliphatic rings. The van der Waals surface area contributed by atoms with Crippen molar-refractivity contribution in [3.63, 3.8) is 0 Å². The summed E-state index contributed by atoms with van der Waals surface area (Å²) >= 11 is 0. The van der Waals surface area contributed by atoms with Crippen molar-refractivity contribution < 1.29 is 9.21 Å². The van der Waals surface area contributed by atoms with Gasteiger partial charge in [-0.2, -0.15) is 0 Å². The Kier molecular flexibility index (Phi) is 2.96. The number of carbonyl (C=O) groups excluding carboxylic acids is 1. The largest absolute Gasteiger partial charge is 0.460 e. The van der Waals surface area contributed by atoms with E-state index in [2.05, 4.69) is 10.3 Å². The monoisotopic (exact) mass is 292 g/mol. The van der Waals surface area contributed by atoms with Gasteiger partial charge in [-0.3, -0.25) is 4.79 Å². The highest BCUT2D eigenvalue weighted by Gasteiger charge is 2.25. The summed E-state index contributed by atoms with van der Waals surface area (Å²) in [5.41, 5.74) is 2.14. The van der Waals surface area contributed by atoms with E-state index in [9.17, 15) is 4.79 Å². The van der Waals surface area contributed by atoms with E-state index in [0.29, 0.717) is 23.1 Å². The molecule has 3 aromatic rings. The molecule has 0 aliphatic heterocycles. The van der Waals surface area contributed by atoms with E-state index >= 15 is 0 Å². The second-order valence-corrected chi connectivity index (χ2v) is 5.73. The molecule has 4 rings (SSSR count). The number of rotatable bonds is 3. The minimum atomic E-state index is -0.0365. The van der Waals surface area contributed by atoms with Crippen molar-refractivity contribution in [2.24, 2.45) is 0 Å². The zero-order valence-corrected chi connectivity index (χ0v) is 12.3. The lowest BCUT2D eigenvalue weighted by atomic mass is 10.1. The lowest BCUT2D eigenvalue weighted by Gasteiger charge is -2.09. The molecule has 0 unspecified atom stereocenters. The summed E-state index contributed by atoms with van der Waals surface area (Å²) in [5, 5.41) is 3.92. The van der Waals surface area contributed by atoms with Crippen LogP contribution in [0.5, 0.6) is 0 Å². The van der Waals surface area contributed by atoms with Crippen LogP contribution in [0.2, 0.25) is 0 Å². The van der Waals surface area contributed by atoms with Crippen LogP contribution in [0.4, 0.5) is 0 Å². The fourth-order valence-corrected chi connectivity index (χ4v) is 2.55. The summed E-state index contributed by atoms with van der Waals surface area (Å²) in [5.74, 6) is 1.48. The lowest BCUT2D eigenvalue weighted by Crippen LogP contribution is -2.25. The first-order chi connectivity index (χ1) is 10.7. The van der Waals surface area contributed by atoms with Gasteiger partial charge in [-0.25, -0.2) is 4.98 Å². The van der Waals surface area contributed by atoms with Gasteiger partial charge in [-0.1, -0.05) is 18.2 Å². The standard InChI is InChI=1S/C18H16N2O2/c1-11-6-9-17(22-11)16-10-14(18(21)19-12-7-8-12)13-4-2-3-5-15(13)20-16/h2-6,9-10,12H,7-8H2,1H3,(H,19,21). The SMILES string of the molecule is Cc1ccc(-c2cc(C(=O)NC3CC3)c3ccccc3n2)o1. The van der Waals surface area contributed by atoms with Gasteiger partial charge in [0.1, 0.15) is 11.5 Å². The molecular formula is C18H16N2O2. The molecule has 0 saturated heterocycles. The van der Waals surface area contributed by atoms with Crippen molar-refractivity contribution in [2.75, 3.05) is 0 Å². The number of hydrogen-bond donors (Lipinski definition) is 1. The van der Waals surface area contributed by atoms with Crippen LogP contribution in [0.25, 0.3) is 22.4 Å². The number of pyridine rings is 1. The number of nitrogens with zero attached hydrogens (tertiary/aromatic N) is 1. The summed E-state index contributed by atoms with van der Waals surface area (Å²) in [6.07, 6.45) is 2.14. The molecule has 110 valence electrons. The van der Waals surface area contributed by atoms with Crippen molar-refractivity contribution in [1.82, 2.24) is 10.3 Å². The number of aryl methyl sites for hydroxylation is 1. The van der Waals surface area contributed by atoms with Gasteiger partial charge in [-0.05, 0) is 44.0 Å². The van der Waals surface area contributed by atoms with Crippen molar-refractivity contribution >= 4 is 16.8 Å². The molecule has 1 aromatic carbocycles. The number of nitrogens with one attached hydrogen (secondary N) is 1. The highest BCUT2D eigenvalue weighted by molar-refractivity contribution is 6.07. The van der Waals surface area contributed by atoms with E-state index in [4.69, 9.17) is 4.42 Å². The van der Waals surface area contributed by atoms with E-state index in [-0.39, 0.29) is 5.91 Å². The summed E-state index contributed by atoms with van der Waals surface area (Å²) in [6, 6.07) is 13.6. The van der Waals surface area contributed by atoms with Crippen molar-refractivity contribution in [2.45, 2.75) is 25.8 Å². The number of amides is 1. The summed E-state index contributed by atoms with van der Waals surface area (Å²) in [7, 11) is 0. The van der Waals surface area contributed by atoms with Gasteiger partial charge in [0, 0.05) is 11.4 Å². The van der Waals surface area contributed by atoms with Crippen LogP contribution < -0.4 is 5.32 Å². The zero-order chi connectivity index (χ0) is 15.1. The molecule has 1 saturated carbocycles. The third kappa shape index (κ3) is 2.37. The molecule has 1 aliphatic carbocycles. The lowest BCUT2D eigenvalue weighted by molar-refractivity contribution is 0.0952. The van der Waals surface area contributed by atoms with E-state index in [1.54, 1.807) is 0 Å². The molecule has 1 amide bonds. The van der Waals surface area contributed by atoms with Crippen molar-refractivity contribution in [3.8, 4) is 11.5 Å². The van der Waals surface area contributed by atoms with E-state index < -0.39 is 0 Å². The minimum absolute atomic E-state index is 0.0365. The predicted octanol–water partition coefficient (Wildman–Crippen LogP) is 3.70. The minimum Gasteiger partial charge on any atom is -0.460 e. The highest BCUT2D eigenvalue weighted by atomic mass is 16.3. The number of para-hydroxylation sites is 1. The number of benzene rings is 1. The fraction of sp³-hybridized carbons (Fsp3) is 0.222. The highest BCUT2D eigenvalue weighted by Crippen LogP contribution is 2.27. The van der Waals surface area contributed by atoms with Crippen LogP contribution in [0.1, 0.15) is 29.0 Å². The number of hydrogen-bond acceptors (Lipinski definition) is 3. The average molecular weight is 292 g/mol. The predicted molar refractivity (Wildman–Crippen MR) is 84.7 cm³/mol. The molecule has 2 aromatic heterocycles. The van der Waals surface area contributed by atoms with Gasteiger partial charge >= 0.3 is 0 Å². The van der Waals surface area contributed by atoms with Gasteiger partial charge in [0.2, 0.25) is 0 Å². The Morgan fingerprint density at radius 3 is 2.77 bits per heavy atom. The maximum absolute atomic E-state index is 12.5. The Labute approximate surface area is 128 Å². The van der Waals surface area contributed by atoms with Crippen LogP contribution in [0.15, 0.2) is 46.9 Å². The molecule has 0 bridgehead atoms. The molecule has 1 fully saturated rings. The second-order valence-electron chi connectivity index (χ2n) is 5.73. The molecule has 4 nitrogen and oxygen atoms in total. The van der Waals surface area contributed by atoms with Gasteiger partial charge in [-0.15, -0.1) is 0 Å². The van der Waals surface area contributed by atoms with Crippen LogP contribution in [-0.4, -0.2) is 16.9 Å². The number of aromatic nitrogens is 1. The van der Waals surface area contributed by atoms with Crippen LogP contribution in [0.3, 0.4) is 0 Å². The first-order valence-electron chi connectivity index (χ1n) is 7.48. The molecule has 2 heterocycles. The summed E-state index contributed by atoms with van der Waals surface area (Å²) in [6.45, 7) is 1.89. The first kappa shape index (κ1) is 13.1. The van der Waals surface area contributed by atoms with E-state index in [0.717, 1.165) is 29.5 Å². The number of furan rings is 1. The molecule has 0 atom stereocenters. The van der Waals surface area contributed by atoms with Crippen molar-refractivity contribution in [3.05, 3.63) is 53.8 Å². The van der Waals surface area contributed by atoms with Gasteiger partial charge in [0.05, 0.1) is 11.1 Å². The third-order valence-electron chi connectivity index (χ3n) is 3.87. The topological polar surface area (TPSA) is 55.1 Å². The normalized spacial score (nSPS) is 14.2. The molecule has 22 heavy (non-hydrogen) atoms. The molecular weight excluding hydrogens is 276 g/mol. The number of fused-ring (bicyclic) bond motifs is 1. The second kappa shape index (κ2) is 4.98. The van der Waals surface area contributed by atoms with Gasteiger partial charge < -0.3 is 9.73 Å². The Bertz CT molecular complexity index is 862. The van der Waals surface area contributed by atoms with Crippen molar-refractivity contribution in [1.29, 1.82) is 0 Å². The Balaban J connectivity index is 1.86. The van der Waals surface area contributed by atoms with Crippen LogP contribution >= 0.6 is 0 Å². The third-order valence-corrected chi connectivity index (χ3v) is 3.87. The fourth-order valence-electron chi connectivity index (χ4n) is 2.55. The summed E-state index contributed by atoms with van der Waals surface area (Å²) in [4.78, 5) is 17.2. The number of carbonyl (C=O) groups is 1. The van der Waals surface area contributed by atoms with Crippen LogP contribution in [-0.2, 0) is 0 Å². The smallest absolute Gasteiger partial charge is 0.252 e. The summed E-state index contributed by atoms with van der Waals surface area (Å²) < 4.78 is 5.65. The molecule has 0 radical (unpaired) electrons. The van der Waals surface area contributed by atoms with Gasteiger partial charge in [0.25, 0.3) is 5.91 Å². The van der Waals surface area contributed by atoms with E-state index in [1.165, 1.54) is 0 Å².